The van der Waals surface area contributed by atoms with Gasteiger partial charge in [-0.3, -0.25) is 4.79 Å². The van der Waals surface area contributed by atoms with Crippen molar-refractivity contribution < 1.29 is 14.6 Å². The zero-order valence-electron chi connectivity index (χ0n) is 16.6. The summed E-state index contributed by atoms with van der Waals surface area (Å²) in [5.74, 6) is 0.152. The van der Waals surface area contributed by atoms with Crippen LogP contribution in [0.4, 0.5) is 0 Å². The van der Waals surface area contributed by atoms with Crippen LogP contribution in [0, 0.1) is 0 Å². The molecule has 4 aromatic rings. The Morgan fingerprint density at radius 3 is 2.32 bits per heavy atom. The van der Waals surface area contributed by atoms with Gasteiger partial charge in [-0.25, -0.2) is 5.43 Å². The maximum atomic E-state index is 12.3. The molecule has 0 aliphatic heterocycles. The number of hydrazone groups is 1. The first kappa shape index (κ1) is 21.0. The van der Waals surface area contributed by atoms with E-state index in [2.05, 4.69) is 15.1 Å². The maximum Gasteiger partial charge on any atom is 0.241 e. The number of rotatable bonds is 6. The first-order chi connectivity index (χ1) is 15.0. The first-order valence-electron chi connectivity index (χ1n) is 9.52. The van der Waals surface area contributed by atoms with Crippen molar-refractivity contribution in [2.45, 2.75) is 13.0 Å². The Hall–Kier alpha value is -3.22. The van der Waals surface area contributed by atoms with Gasteiger partial charge in [0.05, 0.1) is 13.3 Å². The zero-order valence-corrected chi connectivity index (χ0v) is 18.1. The number of amides is 1. The highest BCUT2D eigenvalue weighted by Crippen LogP contribution is 2.33. The van der Waals surface area contributed by atoms with Crippen molar-refractivity contribution in [1.82, 2.24) is 9.99 Å². The summed E-state index contributed by atoms with van der Waals surface area (Å²) in [4.78, 5) is 12.3. The van der Waals surface area contributed by atoms with E-state index in [9.17, 15) is 9.90 Å². The highest BCUT2D eigenvalue weighted by atomic mass is 35.5. The van der Waals surface area contributed by atoms with Crippen molar-refractivity contribution in [2.24, 2.45) is 5.10 Å². The lowest BCUT2D eigenvalue weighted by atomic mass is 10.1. The molecule has 0 spiro atoms. The largest absolute Gasteiger partial charge is 0.504 e. The summed E-state index contributed by atoms with van der Waals surface area (Å²) in [7, 11) is 1.47. The number of phenols is 1. The lowest BCUT2D eigenvalue weighted by Crippen LogP contribution is -2.19. The predicted molar refractivity (Wildman–Crippen MR) is 124 cm³/mol. The molecule has 0 saturated carbocycles. The van der Waals surface area contributed by atoms with Crippen LogP contribution in [0.3, 0.4) is 0 Å². The third-order valence-corrected chi connectivity index (χ3v) is 5.43. The fourth-order valence-corrected chi connectivity index (χ4v) is 3.86. The van der Waals surface area contributed by atoms with E-state index in [1.54, 1.807) is 12.1 Å². The number of nitrogens with one attached hydrogen (secondary N) is 1. The van der Waals surface area contributed by atoms with E-state index >= 15 is 0 Å². The number of benzene rings is 3. The van der Waals surface area contributed by atoms with E-state index < -0.39 is 0 Å². The van der Waals surface area contributed by atoms with Gasteiger partial charge in [0.25, 0.3) is 0 Å². The minimum atomic E-state index is -0.222. The number of hydrogen-bond donors (Lipinski definition) is 2. The van der Waals surface area contributed by atoms with Crippen molar-refractivity contribution in [2.75, 3.05) is 7.11 Å². The van der Waals surface area contributed by atoms with E-state index in [0.29, 0.717) is 27.9 Å². The topological polar surface area (TPSA) is 75.8 Å². The van der Waals surface area contributed by atoms with Crippen molar-refractivity contribution >= 4 is 57.1 Å². The van der Waals surface area contributed by atoms with Crippen LogP contribution in [0.5, 0.6) is 11.5 Å². The van der Waals surface area contributed by atoms with Crippen molar-refractivity contribution in [3.05, 3.63) is 70.2 Å². The van der Waals surface area contributed by atoms with Crippen LogP contribution in [0.15, 0.2) is 59.7 Å². The van der Waals surface area contributed by atoms with E-state index in [1.807, 2.05) is 36.4 Å². The molecule has 8 heteroatoms. The van der Waals surface area contributed by atoms with Gasteiger partial charge in [0, 0.05) is 44.8 Å². The summed E-state index contributed by atoms with van der Waals surface area (Å²) < 4.78 is 7.13. The quantitative estimate of drug-likeness (QED) is 0.303. The van der Waals surface area contributed by atoms with Crippen LogP contribution in [0.1, 0.15) is 12.0 Å². The standard InChI is InChI=1S/C23H19Cl2N3O3/c1-31-22-10-14(2-7-21(22)29)13-26-27-23(30)8-9-28-19-5-3-15(24)11-17(19)18-12-16(25)4-6-20(18)28/h2-7,10-13,29H,8-9H2,1H3,(H,27,30)/b26-13+. The van der Waals surface area contributed by atoms with Gasteiger partial charge < -0.3 is 14.4 Å². The van der Waals surface area contributed by atoms with Gasteiger partial charge in [-0.15, -0.1) is 0 Å². The van der Waals surface area contributed by atoms with Crippen LogP contribution in [0.2, 0.25) is 10.0 Å². The monoisotopic (exact) mass is 455 g/mol. The number of methoxy groups -OCH3 is 1. The molecular formula is C23H19Cl2N3O3. The highest BCUT2D eigenvalue weighted by molar-refractivity contribution is 6.33. The van der Waals surface area contributed by atoms with Crippen molar-refractivity contribution in [3.8, 4) is 11.5 Å². The fourth-order valence-electron chi connectivity index (χ4n) is 3.51. The Morgan fingerprint density at radius 2 is 1.71 bits per heavy atom. The summed E-state index contributed by atoms with van der Waals surface area (Å²) in [5.41, 5.74) is 5.18. The van der Waals surface area contributed by atoms with Crippen molar-refractivity contribution in [3.63, 3.8) is 0 Å². The number of carbonyl (C=O) groups is 1. The van der Waals surface area contributed by atoms with Crippen molar-refractivity contribution in [1.29, 1.82) is 0 Å². The summed E-state index contributed by atoms with van der Waals surface area (Å²) in [6.45, 7) is 0.470. The van der Waals surface area contributed by atoms with Gasteiger partial charge in [0.1, 0.15) is 0 Å². The Bertz CT molecular complexity index is 1260. The summed E-state index contributed by atoms with van der Waals surface area (Å²) in [6, 6.07) is 16.2. The van der Waals surface area contributed by atoms with Gasteiger partial charge in [-0.2, -0.15) is 5.10 Å². The molecule has 0 aliphatic carbocycles. The van der Waals surface area contributed by atoms with Gasteiger partial charge in [0.2, 0.25) is 5.91 Å². The smallest absolute Gasteiger partial charge is 0.241 e. The van der Waals surface area contributed by atoms with Crippen LogP contribution < -0.4 is 10.2 Å². The second-order valence-electron chi connectivity index (χ2n) is 6.95. The first-order valence-corrected chi connectivity index (χ1v) is 10.3. The number of nitrogens with zero attached hydrogens (tertiary/aromatic N) is 2. The maximum absolute atomic E-state index is 12.3. The Balaban J connectivity index is 1.49. The number of carbonyl (C=O) groups excluding carboxylic acids is 1. The van der Waals surface area contributed by atoms with E-state index in [4.69, 9.17) is 27.9 Å². The van der Waals surface area contributed by atoms with Crippen LogP contribution in [-0.2, 0) is 11.3 Å². The van der Waals surface area contributed by atoms with E-state index in [1.165, 1.54) is 19.4 Å². The number of fused-ring (bicyclic) bond motifs is 3. The van der Waals surface area contributed by atoms with Crippen LogP contribution in [0.25, 0.3) is 21.8 Å². The molecule has 1 aromatic heterocycles. The molecule has 1 amide bonds. The number of hydrogen-bond acceptors (Lipinski definition) is 4. The summed E-state index contributed by atoms with van der Waals surface area (Å²) >= 11 is 12.4. The van der Waals surface area contributed by atoms with Crippen LogP contribution in [-0.4, -0.2) is 28.9 Å². The zero-order chi connectivity index (χ0) is 22.0. The molecule has 0 bridgehead atoms. The van der Waals surface area contributed by atoms with Gasteiger partial charge in [-0.05, 0) is 60.2 Å². The molecule has 2 N–H and O–H groups in total. The number of phenolic OH excluding ortho intramolecular Hbond substituents is 1. The Labute approximate surface area is 188 Å². The van der Waals surface area contributed by atoms with Crippen LogP contribution >= 0.6 is 23.2 Å². The van der Waals surface area contributed by atoms with Gasteiger partial charge in [-0.1, -0.05) is 23.2 Å². The number of aromatic hydroxyl groups is 1. The molecule has 0 fully saturated rings. The minimum Gasteiger partial charge on any atom is -0.504 e. The second kappa shape index (κ2) is 8.88. The average Bonchev–Trinajstić information content (AvgIpc) is 3.05. The lowest BCUT2D eigenvalue weighted by molar-refractivity contribution is -0.121. The highest BCUT2D eigenvalue weighted by Gasteiger charge is 2.13. The molecule has 0 saturated heterocycles. The molecule has 1 heterocycles. The Kier molecular flexibility index (Phi) is 6.02. The molecule has 0 unspecified atom stereocenters. The third-order valence-electron chi connectivity index (χ3n) is 4.96. The normalized spacial score (nSPS) is 11.5. The lowest BCUT2D eigenvalue weighted by Gasteiger charge is -2.07. The van der Waals surface area contributed by atoms with Gasteiger partial charge >= 0.3 is 0 Å². The number of aryl methyl sites for hydroxylation is 1. The number of halogens is 2. The average molecular weight is 456 g/mol. The summed E-state index contributed by atoms with van der Waals surface area (Å²) in [5, 5.41) is 16.9. The second-order valence-corrected chi connectivity index (χ2v) is 7.82. The SMILES string of the molecule is COc1cc(/C=N/NC(=O)CCn2c3ccc(Cl)cc3c3cc(Cl)ccc32)ccc1O. The molecule has 0 radical (unpaired) electrons. The molecule has 3 aromatic carbocycles. The molecule has 158 valence electrons. The minimum absolute atomic E-state index is 0.0393. The summed E-state index contributed by atoms with van der Waals surface area (Å²) in [6.07, 6.45) is 1.73. The predicted octanol–water partition coefficient (Wildman–Crippen LogP) is 5.36. The molecular weight excluding hydrogens is 437 g/mol. The number of aromatic nitrogens is 1. The van der Waals surface area contributed by atoms with E-state index in [-0.39, 0.29) is 18.1 Å². The van der Waals surface area contributed by atoms with E-state index in [0.717, 1.165) is 21.8 Å². The molecule has 4 rings (SSSR count). The molecule has 6 nitrogen and oxygen atoms in total. The molecule has 0 aliphatic rings. The Morgan fingerprint density at radius 1 is 1.06 bits per heavy atom. The van der Waals surface area contributed by atoms with Gasteiger partial charge in [0.15, 0.2) is 11.5 Å². The fraction of sp³-hybridized carbons (Fsp3) is 0.130. The third kappa shape index (κ3) is 4.45. The number of ether oxygens (including phenoxy) is 1. The molecule has 0 atom stereocenters. The molecule has 31 heavy (non-hydrogen) atoms.